The van der Waals surface area contributed by atoms with Gasteiger partial charge in [0, 0.05) is 29.2 Å². The van der Waals surface area contributed by atoms with Crippen LogP contribution >= 0.6 is 0 Å². The van der Waals surface area contributed by atoms with E-state index in [1.54, 1.807) is 19.1 Å². The Bertz CT molecular complexity index is 1320. The number of nitrogens with two attached hydrogens (primary N) is 1. The summed E-state index contributed by atoms with van der Waals surface area (Å²) in [5.41, 5.74) is 6.42. The number of aliphatic hydroxyl groups is 2. The molecule has 38 heavy (non-hydrogen) atoms. The lowest BCUT2D eigenvalue weighted by atomic mass is 9.73. The summed E-state index contributed by atoms with van der Waals surface area (Å²) in [5, 5.41) is 42.9. The van der Waals surface area contributed by atoms with E-state index in [1.807, 2.05) is 0 Å². The summed E-state index contributed by atoms with van der Waals surface area (Å²) in [6.07, 6.45) is -2.65. The molecule has 6 N–H and O–H groups in total. The van der Waals surface area contributed by atoms with Crippen LogP contribution in [0.1, 0.15) is 68.8 Å². The lowest BCUT2D eigenvalue weighted by Crippen LogP contribution is -2.52. The molecular formula is C28H31NO9. The van der Waals surface area contributed by atoms with Gasteiger partial charge in [-0.05, 0) is 37.3 Å². The van der Waals surface area contributed by atoms with Crippen LogP contribution in [0.3, 0.4) is 0 Å². The van der Waals surface area contributed by atoms with Crippen molar-refractivity contribution in [2.45, 2.75) is 56.8 Å². The highest BCUT2D eigenvalue weighted by Crippen LogP contribution is 2.52. The summed E-state index contributed by atoms with van der Waals surface area (Å²) in [7, 11) is 1.37. The number of aromatic hydroxyl groups is 2. The normalized spacial score (nSPS) is 28.3. The summed E-state index contributed by atoms with van der Waals surface area (Å²) in [5.74, 6) is -2.34. The predicted molar refractivity (Wildman–Crippen MR) is 134 cm³/mol. The van der Waals surface area contributed by atoms with Gasteiger partial charge in [-0.2, -0.15) is 0 Å². The minimum Gasteiger partial charge on any atom is -0.507 e. The van der Waals surface area contributed by atoms with Crippen LogP contribution in [0.2, 0.25) is 0 Å². The van der Waals surface area contributed by atoms with Gasteiger partial charge in [0.05, 0.1) is 48.7 Å². The first-order chi connectivity index (χ1) is 18.1. The third kappa shape index (κ3) is 4.00. The number of benzene rings is 2. The molecule has 2 aromatic rings. The number of carbonyl (C=O) groups excluding carboxylic acids is 2. The molecule has 0 aromatic heterocycles. The zero-order valence-corrected chi connectivity index (χ0v) is 21.1. The number of phenols is 2. The summed E-state index contributed by atoms with van der Waals surface area (Å²) in [6, 6.07) is 3.98. The van der Waals surface area contributed by atoms with Crippen LogP contribution in [0.4, 0.5) is 0 Å². The van der Waals surface area contributed by atoms with E-state index in [1.165, 1.54) is 13.2 Å². The molecule has 0 bridgehead atoms. The third-order valence-corrected chi connectivity index (χ3v) is 7.88. The first-order valence-electron chi connectivity index (χ1n) is 12.5. The summed E-state index contributed by atoms with van der Waals surface area (Å²) in [4.78, 5) is 27.2. The zero-order chi connectivity index (χ0) is 27.5. The van der Waals surface area contributed by atoms with Gasteiger partial charge in [-0.1, -0.05) is 18.7 Å². The van der Waals surface area contributed by atoms with Crippen molar-refractivity contribution in [3.63, 3.8) is 0 Å². The fourth-order valence-electron chi connectivity index (χ4n) is 5.80. The van der Waals surface area contributed by atoms with Gasteiger partial charge in [0.15, 0.2) is 12.1 Å². The third-order valence-electron chi connectivity index (χ3n) is 7.88. The maximum absolute atomic E-state index is 13.7. The van der Waals surface area contributed by atoms with Crippen LogP contribution < -0.4 is 10.5 Å². The number of ketones is 2. The van der Waals surface area contributed by atoms with Gasteiger partial charge in [-0.3, -0.25) is 9.59 Å². The summed E-state index contributed by atoms with van der Waals surface area (Å²) >= 11 is 0. The van der Waals surface area contributed by atoms with Crippen molar-refractivity contribution in [1.82, 2.24) is 0 Å². The highest BCUT2D eigenvalue weighted by Gasteiger charge is 2.44. The lowest BCUT2D eigenvalue weighted by Gasteiger charge is -2.40. The molecule has 0 spiro atoms. The zero-order valence-electron chi connectivity index (χ0n) is 21.1. The average Bonchev–Trinajstić information content (AvgIpc) is 2.90. The molecule has 202 valence electrons. The monoisotopic (exact) mass is 525 g/mol. The first kappa shape index (κ1) is 26.3. The van der Waals surface area contributed by atoms with Crippen molar-refractivity contribution in [1.29, 1.82) is 0 Å². The van der Waals surface area contributed by atoms with E-state index in [9.17, 15) is 30.0 Å². The molecule has 0 radical (unpaired) electrons. The number of aliphatic hydroxyl groups excluding tert-OH is 2. The van der Waals surface area contributed by atoms with Gasteiger partial charge in [0.1, 0.15) is 17.2 Å². The predicted octanol–water partition coefficient (Wildman–Crippen LogP) is 1.87. The van der Waals surface area contributed by atoms with Crippen LogP contribution in [0.15, 0.2) is 30.4 Å². The first-order valence-corrected chi connectivity index (χ1v) is 12.5. The van der Waals surface area contributed by atoms with E-state index >= 15 is 0 Å². The maximum Gasteiger partial charge on any atom is 0.202 e. The number of methoxy groups -OCH3 is 1. The molecule has 0 saturated carbocycles. The fourth-order valence-corrected chi connectivity index (χ4v) is 5.80. The standard InChI is InChI=1S/C28H31NO9/c1-11(10-30)13-7-15-21(18(8-13)38-19-9-16(29)24(31)12(2)37-19)28(35)23-22(26(15)33)25(32)14-5-4-6-17(36-3)20(14)27(23)34/h4-6,12-13,16,18-19,24,30-31,33,35H,1,7-10,29H2,2-3H3/t12-,13?,16-,18-,19-,24+/m0/s1. The number of hydrogen-bond donors (Lipinski definition) is 5. The molecule has 10 nitrogen and oxygen atoms in total. The molecule has 1 aliphatic heterocycles. The molecule has 1 fully saturated rings. The Morgan fingerprint density at radius 1 is 1.13 bits per heavy atom. The summed E-state index contributed by atoms with van der Waals surface area (Å²) < 4.78 is 17.4. The molecule has 1 heterocycles. The van der Waals surface area contributed by atoms with Gasteiger partial charge < -0.3 is 40.4 Å². The highest BCUT2D eigenvalue weighted by molar-refractivity contribution is 6.31. The van der Waals surface area contributed by atoms with Crippen molar-refractivity contribution in [3.8, 4) is 17.2 Å². The average molecular weight is 526 g/mol. The van der Waals surface area contributed by atoms with Crippen molar-refractivity contribution in [2.24, 2.45) is 11.7 Å². The number of fused-ring (bicyclic) bond motifs is 3. The number of carbonyl (C=O) groups is 2. The molecule has 10 heteroatoms. The van der Waals surface area contributed by atoms with E-state index in [2.05, 4.69) is 6.58 Å². The van der Waals surface area contributed by atoms with Crippen molar-refractivity contribution < 1.29 is 44.2 Å². The van der Waals surface area contributed by atoms with Gasteiger partial charge in [-0.25, -0.2) is 0 Å². The Morgan fingerprint density at radius 3 is 2.50 bits per heavy atom. The second-order valence-corrected chi connectivity index (χ2v) is 10.1. The fraction of sp³-hybridized carbons (Fsp3) is 0.429. The van der Waals surface area contributed by atoms with Crippen LogP contribution in [-0.4, -0.2) is 70.2 Å². The SMILES string of the molecule is C=C(CO)C1Cc2c(O)c3c(c(O)c2[C@@H](O[C@H]2C[C@H](N)[C@H](O)[C@H](C)O2)C1)C(=O)c1c(OC)cccc1C3=O. The number of rotatable bonds is 5. The van der Waals surface area contributed by atoms with E-state index < -0.39 is 53.7 Å². The van der Waals surface area contributed by atoms with E-state index in [0.29, 0.717) is 5.57 Å². The minimum absolute atomic E-state index is 0.00589. The van der Waals surface area contributed by atoms with Crippen molar-refractivity contribution in [2.75, 3.05) is 13.7 Å². The molecule has 2 aliphatic carbocycles. The van der Waals surface area contributed by atoms with E-state index in [0.717, 1.165) is 0 Å². The smallest absolute Gasteiger partial charge is 0.202 e. The Kier molecular flexibility index (Phi) is 6.79. The number of phenolic OH excluding ortho intramolecular Hbond substituents is 2. The topological polar surface area (TPSA) is 169 Å². The molecule has 0 amide bonds. The minimum atomic E-state index is -0.898. The maximum atomic E-state index is 13.7. The molecule has 2 aromatic carbocycles. The summed E-state index contributed by atoms with van der Waals surface area (Å²) in [6.45, 7) is 5.30. The molecule has 3 aliphatic rings. The van der Waals surface area contributed by atoms with Crippen LogP contribution in [0.25, 0.3) is 0 Å². The van der Waals surface area contributed by atoms with Crippen molar-refractivity contribution >= 4 is 11.6 Å². The molecule has 5 rings (SSSR count). The Labute approximate surface area is 219 Å². The van der Waals surface area contributed by atoms with Crippen LogP contribution in [-0.2, 0) is 15.9 Å². The van der Waals surface area contributed by atoms with Crippen LogP contribution in [0, 0.1) is 5.92 Å². The van der Waals surface area contributed by atoms with Crippen LogP contribution in [0.5, 0.6) is 17.2 Å². The van der Waals surface area contributed by atoms with E-state index in [4.69, 9.17) is 19.9 Å². The number of hydrogen-bond acceptors (Lipinski definition) is 10. The largest absolute Gasteiger partial charge is 0.507 e. The van der Waals surface area contributed by atoms with E-state index in [-0.39, 0.29) is 70.9 Å². The molecule has 1 unspecified atom stereocenters. The second kappa shape index (κ2) is 9.79. The highest BCUT2D eigenvalue weighted by atomic mass is 16.7. The number of ether oxygens (including phenoxy) is 3. The Balaban J connectivity index is 1.65. The Morgan fingerprint density at radius 2 is 1.84 bits per heavy atom. The Hall–Kier alpha value is -3.28. The lowest BCUT2D eigenvalue weighted by molar-refractivity contribution is -0.243. The van der Waals surface area contributed by atoms with Gasteiger partial charge >= 0.3 is 0 Å². The van der Waals surface area contributed by atoms with Crippen molar-refractivity contribution in [3.05, 3.63) is 63.7 Å². The quantitative estimate of drug-likeness (QED) is 0.245. The van der Waals surface area contributed by atoms with Gasteiger partial charge in [0.25, 0.3) is 0 Å². The molecular weight excluding hydrogens is 494 g/mol. The van der Waals surface area contributed by atoms with Gasteiger partial charge in [-0.15, -0.1) is 0 Å². The molecule has 6 atom stereocenters. The second-order valence-electron chi connectivity index (χ2n) is 10.1. The molecule has 1 saturated heterocycles. The van der Waals surface area contributed by atoms with Gasteiger partial charge in [0.2, 0.25) is 5.78 Å².